The fourth-order valence-corrected chi connectivity index (χ4v) is 3.57. The van der Waals surface area contributed by atoms with Crippen LogP contribution in [0.15, 0.2) is 66.3 Å². The Hall–Kier alpha value is -3.52. The minimum absolute atomic E-state index is 0.0356. The molecule has 4 aromatic rings. The molecular formula is C22H19FN4O2S. The average molecular weight is 422 g/mol. The Kier molecular flexibility index (Phi) is 5.85. The van der Waals surface area contributed by atoms with E-state index < -0.39 is 5.82 Å². The van der Waals surface area contributed by atoms with Gasteiger partial charge in [0, 0.05) is 17.8 Å². The van der Waals surface area contributed by atoms with E-state index in [2.05, 4.69) is 15.4 Å². The lowest BCUT2D eigenvalue weighted by atomic mass is 10.2. The van der Waals surface area contributed by atoms with Crippen molar-refractivity contribution in [3.05, 3.63) is 88.4 Å². The first-order valence-electron chi connectivity index (χ1n) is 9.29. The Labute approximate surface area is 177 Å². The fourth-order valence-electron chi connectivity index (χ4n) is 2.86. The van der Waals surface area contributed by atoms with Crippen LogP contribution >= 0.6 is 11.3 Å². The molecule has 152 valence electrons. The standard InChI is InChI=1S/C22H19FN4O2S/c1-15-6-8-17(9-7-15)29-13-21-25-16(14-30-21)12-20(28)26-22-18(23)4-2-5-19(22)27-11-3-10-24-27/h2-11,14H,12-13H2,1H3,(H,26,28). The molecule has 0 bridgehead atoms. The molecule has 30 heavy (non-hydrogen) atoms. The van der Waals surface area contributed by atoms with Gasteiger partial charge in [0.1, 0.15) is 28.9 Å². The number of nitrogens with zero attached hydrogens (tertiary/aromatic N) is 3. The van der Waals surface area contributed by atoms with Crippen LogP contribution in [0.5, 0.6) is 5.75 Å². The fraction of sp³-hybridized carbons (Fsp3) is 0.136. The van der Waals surface area contributed by atoms with Crippen LogP contribution in [0.4, 0.5) is 10.1 Å². The maximum absolute atomic E-state index is 14.3. The molecule has 0 aliphatic carbocycles. The number of carbonyl (C=O) groups is 1. The molecule has 0 unspecified atom stereocenters. The third kappa shape index (κ3) is 4.72. The van der Waals surface area contributed by atoms with Gasteiger partial charge in [0.2, 0.25) is 5.91 Å². The number of nitrogens with one attached hydrogen (secondary N) is 1. The molecule has 0 spiro atoms. The molecule has 0 saturated carbocycles. The highest BCUT2D eigenvalue weighted by atomic mass is 32.1. The molecule has 0 saturated heterocycles. The lowest BCUT2D eigenvalue weighted by Gasteiger charge is -2.11. The molecule has 2 aromatic heterocycles. The van der Waals surface area contributed by atoms with Crippen LogP contribution in [0.2, 0.25) is 0 Å². The van der Waals surface area contributed by atoms with Crippen molar-refractivity contribution in [1.82, 2.24) is 14.8 Å². The van der Waals surface area contributed by atoms with Gasteiger partial charge >= 0.3 is 0 Å². The third-order valence-electron chi connectivity index (χ3n) is 4.33. The van der Waals surface area contributed by atoms with E-state index in [4.69, 9.17) is 4.74 Å². The number of amides is 1. The molecule has 0 fully saturated rings. The van der Waals surface area contributed by atoms with E-state index in [-0.39, 0.29) is 18.0 Å². The highest BCUT2D eigenvalue weighted by Gasteiger charge is 2.15. The molecule has 1 N–H and O–H groups in total. The number of hydrogen-bond donors (Lipinski definition) is 1. The number of anilines is 1. The van der Waals surface area contributed by atoms with Gasteiger partial charge in [-0.1, -0.05) is 23.8 Å². The molecule has 8 heteroatoms. The van der Waals surface area contributed by atoms with Gasteiger partial charge in [-0.2, -0.15) is 5.10 Å². The summed E-state index contributed by atoms with van der Waals surface area (Å²) in [5.41, 5.74) is 2.32. The highest BCUT2D eigenvalue weighted by Crippen LogP contribution is 2.24. The summed E-state index contributed by atoms with van der Waals surface area (Å²) in [4.78, 5) is 16.9. The van der Waals surface area contributed by atoms with Gasteiger partial charge in [-0.25, -0.2) is 14.1 Å². The van der Waals surface area contributed by atoms with E-state index in [1.807, 2.05) is 36.6 Å². The van der Waals surface area contributed by atoms with Crippen LogP contribution in [-0.2, 0) is 17.8 Å². The minimum Gasteiger partial charge on any atom is -0.486 e. The zero-order chi connectivity index (χ0) is 20.9. The summed E-state index contributed by atoms with van der Waals surface area (Å²) in [6, 6.07) is 14.1. The topological polar surface area (TPSA) is 69.0 Å². The normalized spacial score (nSPS) is 10.7. The molecule has 2 heterocycles. The van der Waals surface area contributed by atoms with E-state index in [1.165, 1.54) is 22.1 Å². The van der Waals surface area contributed by atoms with E-state index in [9.17, 15) is 9.18 Å². The molecular weight excluding hydrogens is 403 g/mol. The lowest BCUT2D eigenvalue weighted by Crippen LogP contribution is -2.17. The second-order valence-corrected chi connectivity index (χ2v) is 7.59. The van der Waals surface area contributed by atoms with Gasteiger partial charge in [-0.3, -0.25) is 4.79 Å². The number of rotatable bonds is 7. The summed E-state index contributed by atoms with van der Waals surface area (Å²) in [5.74, 6) is -0.118. The number of hydrogen-bond acceptors (Lipinski definition) is 5. The van der Waals surface area contributed by atoms with Crippen molar-refractivity contribution < 1.29 is 13.9 Å². The zero-order valence-corrected chi connectivity index (χ0v) is 17.0. The molecule has 4 rings (SSSR count). The predicted octanol–water partition coefficient (Wildman–Crippen LogP) is 4.54. The Morgan fingerprint density at radius 2 is 2.03 bits per heavy atom. The van der Waals surface area contributed by atoms with E-state index in [1.54, 1.807) is 30.6 Å². The first-order valence-corrected chi connectivity index (χ1v) is 10.2. The van der Waals surface area contributed by atoms with Crippen molar-refractivity contribution in [1.29, 1.82) is 0 Å². The molecule has 0 radical (unpaired) electrons. The summed E-state index contributed by atoms with van der Waals surface area (Å²) < 4.78 is 21.6. The number of halogens is 1. The van der Waals surface area contributed by atoms with Gasteiger partial charge in [0.15, 0.2) is 0 Å². The van der Waals surface area contributed by atoms with Gasteiger partial charge in [-0.05, 0) is 37.3 Å². The van der Waals surface area contributed by atoms with Crippen molar-refractivity contribution in [2.24, 2.45) is 0 Å². The van der Waals surface area contributed by atoms with Gasteiger partial charge in [0.05, 0.1) is 17.8 Å². The summed E-state index contributed by atoms with van der Waals surface area (Å²) in [6.45, 7) is 2.34. The van der Waals surface area contributed by atoms with Crippen LogP contribution in [0.3, 0.4) is 0 Å². The van der Waals surface area contributed by atoms with Crippen LogP contribution in [0.25, 0.3) is 5.69 Å². The second kappa shape index (κ2) is 8.87. The average Bonchev–Trinajstić information content (AvgIpc) is 3.41. The van der Waals surface area contributed by atoms with Crippen LogP contribution < -0.4 is 10.1 Å². The third-order valence-corrected chi connectivity index (χ3v) is 5.20. The number of ether oxygens (including phenoxy) is 1. The van der Waals surface area contributed by atoms with Gasteiger partial charge in [-0.15, -0.1) is 11.3 Å². The maximum atomic E-state index is 14.3. The Bertz CT molecular complexity index is 1140. The molecule has 0 atom stereocenters. The number of aromatic nitrogens is 3. The second-order valence-electron chi connectivity index (χ2n) is 6.64. The number of carbonyl (C=O) groups excluding carboxylic acids is 1. The maximum Gasteiger partial charge on any atom is 0.230 e. The Morgan fingerprint density at radius 1 is 1.20 bits per heavy atom. The Morgan fingerprint density at radius 3 is 2.80 bits per heavy atom. The van der Waals surface area contributed by atoms with Crippen molar-refractivity contribution >= 4 is 22.9 Å². The number of para-hydroxylation sites is 1. The molecule has 6 nitrogen and oxygen atoms in total. The van der Waals surface area contributed by atoms with Gasteiger partial charge in [0.25, 0.3) is 0 Å². The lowest BCUT2D eigenvalue weighted by molar-refractivity contribution is -0.115. The summed E-state index contributed by atoms with van der Waals surface area (Å²) in [7, 11) is 0. The largest absolute Gasteiger partial charge is 0.486 e. The smallest absolute Gasteiger partial charge is 0.230 e. The van der Waals surface area contributed by atoms with Crippen molar-refractivity contribution in [3.63, 3.8) is 0 Å². The van der Waals surface area contributed by atoms with Crippen molar-refractivity contribution in [3.8, 4) is 11.4 Å². The molecule has 2 aromatic carbocycles. The molecule has 1 amide bonds. The minimum atomic E-state index is -0.526. The van der Waals surface area contributed by atoms with E-state index >= 15 is 0 Å². The Balaban J connectivity index is 1.39. The first-order chi connectivity index (χ1) is 14.6. The summed E-state index contributed by atoms with van der Waals surface area (Å²) in [5, 5.41) is 9.33. The number of thiazole rings is 1. The number of aryl methyl sites for hydroxylation is 1. The summed E-state index contributed by atoms with van der Waals surface area (Å²) >= 11 is 1.42. The predicted molar refractivity (Wildman–Crippen MR) is 113 cm³/mol. The first kappa shape index (κ1) is 19.8. The SMILES string of the molecule is Cc1ccc(OCc2nc(CC(=O)Nc3c(F)cccc3-n3cccn3)cs2)cc1. The zero-order valence-electron chi connectivity index (χ0n) is 16.2. The van der Waals surface area contributed by atoms with Crippen molar-refractivity contribution in [2.75, 3.05) is 5.32 Å². The monoisotopic (exact) mass is 422 g/mol. The van der Waals surface area contributed by atoms with E-state index in [0.29, 0.717) is 18.0 Å². The van der Waals surface area contributed by atoms with E-state index in [0.717, 1.165) is 16.3 Å². The van der Waals surface area contributed by atoms with Crippen LogP contribution in [0.1, 0.15) is 16.3 Å². The molecule has 0 aliphatic rings. The quantitative estimate of drug-likeness (QED) is 0.475. The van der Waals surface area contributed by atoms with Crippen molar-refractivity contribution in [2.45, 2.75) is 20.0 Å². The summed E-state index contributed by atoms with van der Waals surface area (Å²) in [6.07, 6.45) is 3.31. The number of benzene rings is 2. The van der Waals surface area contributed by atoms with Crippen LogP contribution in [-0.4, -0.2) is 20.7 Å². The molecule has 0 aliphatic heterocycles. The highest BCUT2D eigenvalue weighted by molar-refractivity contribution is 7.09. The van der Waals surface area contributed by atoms with Crippen LogP contribution in [0, 0.1) is 12.7 Å². The van der Waals surface area contributed by atoms with Gasteiger partial charge < -0.3 is 10.1 Å².